The Bertz CT molecular complexity index is 924. The summed E-state index contributed by atoms with van der Waals surface area (Å²) in [6, 6.07) is 12.5. The summed E-state index contributed by atoms with van der Waals surface area (Å²) in [6.07, 6.45) is 0.430. The predicted molar refractivity (Wildman–Crippen MR) is 108 cm³/mol. The second-order valence-corrected chi connectivity index (χ2v) is 8.66. The van der Waals surface area contributed by atoms with E-state index in [4.69, 9.17) is 9.29 Å². The molecule has 9 heteroatoms. The van der Waals surface area contributed by atoms with Gasteiger partial charge in [-0.05, 0) is 48.4 Å². The van der Waals surface area contributed by atoms with Crippen LogP contribution in [0.5, 0.6) is 5.75 Å². The van der Waals surface area contributed by atoms with Crippen molar-refractivity contribution in [2.75, 3.05) is 18.2 Å². The predicted octanol–water partition coefficient (Wildman–Crippen LogP) is 3.02. The first-order valence-corrected chi connectivity index (χ1v) is 10.8. The van der Waals surface area contributed by atoms with E-state index in [1.165, 1.54) is 31.2 Å². The van der Waals surface area contributed by atoms with Gasteiger partial charge in [0.1, 0.15) is 5.75 Å². The smallest absolute Gasteiger partial charge is 0.294 e. The number of benzene rings is 2. The summed E-state index contributed by atoms with van der Waals surface area (Å²) in [5.74, 6) is 0.269. The number of ether oxygens (including phenoxy) is 1. The zero-order chi connectivity index (χ0) is 20.7. The molecule has 0 aliphatic heterocycles. The lowest BCUT2D eigenvalue weighted by Gasteiger charge is -2.16. The van der Waals surface area contributed by atoms with Gasteiger partial charge in [-0.25, -0.2) is 0 Å². The molecule has 0 saturated heterocycles. The maximum absolute atomic E-state index is 12.7. The summed E-state index contributed by atoms with van der Waals surface area (Å²) in [6.45, 7) is 1.45. The van der Waals surface area contributed by atoms with Crippen LogP contribution >= 0.6 is 11.8 Å². The second kappa shape index (κ2) is 9.72. The SMILES string of the molecule is COc1ccc(CC(CSC(C)=O)C(=O)Nc2ccc(S(=O)(=O)O)cc2)cc1. The molecule has 2 aromatic rings. The molecule has 2 N–H and O–H groups in total. The molecule has 1 amide bonds. The van der Waals surface area contributed by atoms with Crippen LogP contribution in [0.15, 0.2) is 53.4 Å². The number of thioether (sulfide) groups is 1. The van der Waals surface area contributed by atoms with Crippen LogP contribution in [-0.2, 0) is 26.1 Å². The molecule has 0 spiro atoms. The van der Waals surface area contributed by atoms with Gasteiger partial charge in [0.05, 0.1) is 17.9 Å². The van der Waals surface area contributed by atoms with Crippen molar-refractivity contribution >= 4 is 38.6 Å². The Hall–Kier alpha value is -2.36. The normalized spacial score (nSPS) is 12.2. The molecule has 7 nitrogen and oxygen atoms in total. The minimum atomic E-state index is -4.29. The number of carbonyl (C=O) groups excluding carboxylic acids is 2. The summed E-state index contributed by atoms with van der Waals surface area (Å²) in [7, 11) is -2.72. The van der Waals surface area contributed by atoms with E-state index >= 15 is 0 Å². The first-order chi connectivity index (χ1) is 13.2. The summed E-state index contributed by atoms with van der Waals surface area (Å²) in [4.78, 5) is 23.8. The van der Waals surface area contributed by atoms with E-state index in [1.54, 1.807) is 19.2 Å². The zero-order valence-corrected chi connectivity index (χ0v) is 17.0. The van der Waals surface area contributed by atoms with Gasteiger partial charge in [0.25, 0.3) is 10.1 Å². The molecule has 0 radical (unpaired) electrons. The van der Waals surface area contributed by atoms with E-state index in [0.717, 1.165) is 17.3 Å². The van der Waals surface area contributed by atoms with Crippen LogP contribution in [-0.4, -0.2) is 36.9 Å². The van der Waals surface area contributed by atoms with Gasteiger partial charge >= 0.3 is 0 Å². The molecule has 0 bridgehead atoms. The maximum Gasteiger partial charge on any atom is 0.294 e. The average molecular weight is 424 g/mol. The van der Waals surface area contributed by atoms with Crippen molar-refractivity contribution in [1.82, 2.24) is 0 Å². The third kappa shape index (κ3) is 6.66. The van der Waals surface area contributed by atoms with E-state index in [9.17, 15) is 18.0 Å². The molecule has 28 heavy (non-hydrogen) atoms. The number of amides is 1. The van der Waals surface area contributed by atoms with E-state index in [2.05, 4.69) is 5.32 Å². The average Bonchev–Trinajstić information content (AvgIpc) is 2.65. The van der Waals surface area contributed by atoms with E-state index in [1.807, 2.05) is 12.1 Å². The Morgan fingerprint density at radius 2 is 1.71 bits per heavy atom. The number of hydrogen-bond acceptors (Lipinski definition) is 6. The first kappa shape index (κ1) is 21.9. The van der Waals surface area contributed by atoms with Gasteiger partial charge in [-0.3, -0.25) is 14.1 Å². The summed E-state index contributed by atoms with van der Waals surface area (Å²) < 4.78 is 36.3. The lowest BCUT2D eigenvalue weighted by molar-refractivity contribution is -0.119. The highest BCUT2D eigenvalue weighted by molar-refractivity contribution is 8.13. The summed E-state index contributed by atoms with van der Waals surface area (Å²) >= 11 is 1.07. The van der Waals surface area contributed by atoms with E-state index in [0.29, 0.717) is 23.6 Å². The van der Waals surface area contributed by atoms with Gasteiger partial charge in [-0.15, -0.1) is 0 Å². The molecule has 2 aromatic carbocycles. The Kier molecular flexibility index (Phi) is 7.61. The molecule has 0 aromatic heterocycles. The fourth-order valence-corrected chi connectivity index (χ4v) is 3.63. The summed E-state index contributed by atoms with van der Waals surface area (Å²) in [5.41, 5.74) is 1.32. The third-order valence-corrected chi connectivity index (χ3v) is 5.76. The third-order valence-electron chi connectivity index (χ3n) is 3.92. The zero-order valence-electron chi connectivity index (χ0n) is 15.4. The Morgan fingerprint density at radius 1 is 1.11 bits per heavy atom. The molecule has 1 atom stereocenters. The molecule has 0 heterocycles. The van der Waals surface area contributed by atoms with Crippen LogP contribution in [0.4, 0.5) is 5.69 Å². The van der Waals surface area contributed by atoms with Crippen molar-refractivity contribution in [3.05, 3.63) is 54.1 Å². The number of carbonyl (C=O) groups is 2. The van der Waals surface area contributed by atoms with E-state index in [-0.39, 0.29) is 15.9 Å². The van der Waals surface area contributed by atoms with Gasteiger partial charge in [-0.1, -0.05) is 23.9 Å². The topological polar surface area (TPSA) is 110 Å². The van der Waals surface area contributed by atoms with Crippen LogP contribution < -0.4 is 10.1 Å². The van der Waals surface area contributed by atoms with Crippen molar-refractivity contribution in [1.29, 1.82) is 0 Å². The number of nitrogens with one attached hydrogen (secondary N) is 1. The lowest BCUT2D eigenvalue weighted by atomic mass is 10.00. The van der Waals surface area contributed by atoms with Crippen molar-refractivity contribution in [2.45, 2.75) is 18.2 Å². The Balaban J connectivity index is 2.12. The molecular formula is C19H21NO6S2. The molecule has 1 unspecified atom stereocenters. The second-order valence-electron chi connectivity index (χ2n) is 6.04. The maximum atomic E-state index is 12.7. The molecule has 0 aliphatic rings. The highest BCUT2D eigenvalue weighted by atomic mass is 32.2. The highest BCUT2D eigenvalue weighted by Crippen LogP contribution is 2.21. The molecular weight excluding hydrogens is 402 g/mol. The highest BCUT2D eigenvalue weighted by Gasteiger charge is 2.21. The minimum Gasteiger partial charge on any atom is -0.497 e. The Morgan fingerprint density at radius 3 is 2.21 bits per heavy atom. The molecule has 0 fully saturated rings. The molecule has 0 saturated carbocycles. The fourth-order valence-electron chi connectivity index (χ4n) is 2.45. The first-order valence-electron chi connectivity index (χ1n) is 8.33. The molecule has 150 valence electrons. The van der Waals surface area contributed by atoms with E-state index < -0.39 is 16.0 Å². The molecule has 0 aliphatic carbocycles. The van der Waals surface area contributed by atoms with Gasteiger partial charge in [0.15, 0.2) is 5.12 Å². The lowest BCUT2D eigenvalue weighted by Crippen LogP contribution is -2.27. The van der Waals surface area contributed by atoms with Gasteiger partial charge in [0.2, 0.25) is 5.91 Å². The number of anilines is 1. The van der Waals surface area contributed by atoms with Crippen LogP contribution in [0.2, 0.25) is 0 Å². The monoisotopic (exact) mass is 423 g/mol. The Labute approximate surface area is 168 Å². The standard InChI is InChI=1S/C19H21NO6S2/c1-13(21)27-12-15(11-14-3-7-17(26-2)8-4-14)19(22)20-16-5-9-18(10-6-16)28(23,24)25/h3-10,15H,11-12H2,1-2H3,(H,20,22)(H,23,24,25). The number of methoxy groups -OCH3 is 1. The van der Waals surface area contributed by atoms with Crippen LogP contribution in [0.1, 0.15) is 12.5 Å². The van der Waals surface area contributed by atoms with Crippen molar-refractivity contribution in [3.63, 3.8) is 0 Å². The van der Waals surface area contributed by atoms with Crippen LogP contribution in [0, 0.1) is 5.92 Å². The minimum absolute atomic E-state index is 0.0787. The van der Waals surface area contributed by atoms with Gasteiger partial charge in [0, 0.05) is 18.4 Å². The fraction of sp³-hybridized carbons (Fsp3) is 0.263. The van der Waals surface area contributed by atoms with Gasteiger partial charge < -0.3 is 10.1 Å². The largest absolute Gasteiger partial charge is 0.497 e. The number of hydrogen-bond donors (Lipinski definition) is 2. The van der Waals surface area contributed by atoms with Crippen LogP contribution in [0.3, 0.4) is 0 Å². The number of rotatable bonds is 8. The van der Waals surface area contributed by atoms with Crippen molar-refractivity contribution < 1.29 is 27.3 Å². The summed E-state index contributed by atoms with van der Waals surface area (Å²) in [5, 5.41) is 2.64. The molecule has 2 rings (SSSR count). The quantitative estimate of drug-likeness (QED) is 0.628. The van der Waals surface area contributed by atoms with Gasteiger partial charge in [-0.2, -0.15) is 8.42 Å². The van der Waals surface area contributed by atoms with Crippen LogP contribution in [0.25, 0.3) is 0 Å². The van der Waals surface area contributed by atoms with Crippen molar-refractivity contribution in [3.8, 4) is 5.75 Å². The van der Waals surface area contributed by atoms with Crippen molar-refractivity contribution in [2.24, 2.45) is 5.92 Å².